The van der Waals surface area contributed by atoms with E-state index in [9.17, 15) is 9.59 Å². The zero-order valence-corrected chi connectivity index (χ0v) is 32.3. The van der Waals surface area contributed by atoms with Gasteiger partial charge < -0.3 is 9.47 Å². The summed E-state index contributed by atoms with van der Waals surface area (Å²) in [5.41, 5.74) is 0. The fraction of sp³-hybridized carbons (Fsp3) is 0.850. The minimum atomic E-state index is -0.0725. The van der Waals surface area contributed by atoms with Crippen LogP contribution in [0.2, 0.25) is 0 Å². The van der Waals surface area contributed by atoms with E-state index in [4.69, 9.17) is 9.47 Å². The summed E-state index contributed by atoms with van der Waals surface area (Å²) in [5, 5.41) is 0. The normalized spacial score (nSPS) is 11.0. The van der Waals surface area contributed by atoms with Gasteiger partial charge >= 0.3 is 60.8 Å². The molecule has 0 aliphatic rings. The van der Waals surface area contributed by atoms with Gasteiger partial charge in [-0.15, -0.1) is 0 Å². The quantitative estimate of drug-likeness (QED) is 0.0223. The molecule has 0 aromatic carbocycles. The molecule has 0 unspecified atom stereocenters. The van der Waals surface area contributed by atoms with Crippen molar-refractivity contribution in [2.24, 2.45) is 0 Å². The molecule has 0 radical (unpaired) electrons. The van der Waals surface area contributed by atoms with Crippen molar-refractivity contribution < 1.29 is 19.1 Å². The summed E-state index contributed by atoms with van der Waals surface area (Å²) in [5.74, 6) is 1.07. The van der Waals surface area contributed by atoms with Gasteiger partial charge in [0.05, 0.1) is 0 Å². The van der Waals surface area contributed by atoms with Gasteiger partial charge in [-0.3, -0.25) is 9.59 Å². The number of allylic oxidation sites excluding steroid dienone is 4. The second-order valence-electron chi connectivity index (χ2n) is 12.6. The number of rotatable bonds is 34. The summed E-state index contributed by atoms with van der Waals surface area (Å²) in [4.78, 5) is 22.5. The zero-order valence-electron chi connectivity index (χ0n) is 30.5. The molecule has 0 aliphatic carbocycles. The van der Waals surface area contributed by atoms with E-state index in [1.165, 1.54) is 141 Å². The monoisotopic (exact) mass is 824 g/mol. The Balaban J connectivity index is -0.000000807. The Hall–Kier alpha value is 0.691. The van der Waals surface area contributed by atoms with Gasteiger partial charge in [-0.1, -0.05) is 141 Å². The summed E-state index contributed by atoms with van der Waals surface area (Å²) in [7, 11) is 0. The first kappa shape index (κ1) is 52.1. The predicted octanol–water partition coefficient (Wildman–Crippen LogP) is 12.1. The van der Waals surface area contributed by atoms with Crippen LogP contribution in [-0.4, -0.2) is 85.5 Å². The third kappa shape index (κ3) is 51.2. The number of hydrogen-bond donors (Lipinski definition) is 2. The van der Waals surface area contributed by atoms with Crippen molar-refractivity contribution >= 4 is 86.1 Å². The molecule has 0 aliphatic heterocycles. The van der Waals surface area contributed by atoms with Crippen LogP contribution in [0, 0.1) is 0 Å². The zero-order chi connectivity index (χ0) is 34.0. The number of carbonyl (C=O) groups excluding carboxylic acids is 2. The van der Waals surface area contributed by atoms with E-state index in [2.05, 4.69) is 63.4 Å². The Morgan fingerprint density at radius 1 is 0.426 bits per heavy atom. The van der Waals surface area contributed by atoms with Crippen LogP contribution in [0.1, 0.15) is 194 Å². The molecule has 0 atom stereocenters. The van der Waals surface area contributed by atoms with Gasteiger partial charge in [0.15, 0.2) is 0 Å². The molecule has 0 N–H and O–H groups in total. The Morgan fingerprint density at radius 3 is 0.957 bits per heavy atom. The Morgan fingerprint density at radius 2 is 0.681 bits per heavy atom. The second kappa shape index (κ2) is 48.8. The van der Waals surface area contributed by atoms with Crippen LogP contribution in [0.3, 0.4) is 0 Å². The maximum atomic E-state index is 11.3. The van der Waals surface area contributed by atoms with Crippen LogP contribution in [0.25, 0.3) is 0 Å². The molecular weight excluding hydrogens is 746 g/mol. The fourth-order valence-corrected chi connectivity index (χ4v) is 5.33. The Kier molecular flexibility index (Phi) is 54.1. The molecule has 276 valence electrons. The number of ether oxygens (including phenoxy) is 2. The van der Waals surface area contributed by atoms with Gasteiger partial charge in [-0.05, 0) is 64.2 Å². The second-order valence-corrected chi connectivity index (χ2v) is 13.5. The van der Waals surface area contributed by atoms with Gasteiger partial charge in [-0.2, -0.15) is 25.3 Å². The summed E-state index contributed by atoms with van der Waals surface area (Å²) in [6.07, 6.45) is 43.8. The van der Waals surface area contributed by atoms with Crippen LogP contribution >= 0.6 is 25.3 Å². The van der Waals surface area contributed by atoms with E-state index >= 15 is 0 Å². The van der Waals surface area contributed by atoms with Crippen LogP contribution in [-0.2, 0) is 19.1 Å². The van der Waals surface area contributed by atoms with Gasteiger partial charge in [0.25, 0.3) is 0 Å². The van der Waals surface area contributed by atoms with Crippen molar-refractivity contribution in [3.05, 3.63) is 24.3 Å². The van der Waals surface area contributed by atoms with Crippen LogP contribution in [0.4, 0.5) is 0 Å². The average molecular weight is 825 g/mol. The van der Waals surface area contributed by atoms with E-state index in [1.807, 2.05) is 0 Å². The minimum absolute atomic E-state index is 0. The van der Waals surface area contributed by atoms with Crippen molar-refractivity contribution in [3.63, 3.8) is 0 Å². The molecule has 7 heteroatoms. The number of thiol groups is 2. The van der Waals surface area contributed by atoms with Crippen molar-refractivity contribution in [3.8, 4) is 0 Å². The van der Waals surface area contributed by atoms with E-state index in [1.54, 1.807) is 0 Å². The molecule has 0 amide bonds. The molecule has 0 aromatic heterocycles. The molecule has 0 aromatic rings. The standard InChI is InChI=1S/2C20H38O2S.Ba.2H/c2*1-2-3-4-5-6-7-8-9-10-11-12-13-14-15-16-17-20(21)22-18-19-23;;;/h2*9-10,23H,2-8,11-19H2,1H3;;;/b2*10-9-;;;. The molecular formula is C40H78BaO4S2. The fourth-order valence-electron chi connectivity index (χ4n) is 5.14. The molecule has 47 heavy (non-hydrogen) atoms. The molecule has 0 saturated carbocycles. The first-order chi connectivity index (χ1) is 22.6. The average Bonchev–Trinajstić information content (AvgIpc) is 3.06. The molecule has 0 saturated heterocycles. The van der Waals surface area contributed by atoms with Gasteiger partial charge in [-0.25, -0.2) is 0 Å². The summed E-state index contributed by atoms with van der Waals surface area (Å²) in [6.45, 7) is 5.41. The Labute approximate surface area is 344 Å². The Bertz CT molecular complexity index is 617. The molecule has 4 nitrogen and oxygen atoms in total. The maximum absolute atomic E-state index is 11.3. The van der Waals surface area contributed by atoms with E-state index in [-0.39, 0.29) is 60.8 Å². The molecule has 0 rings (SSSR count). The topological polar surface area (TPSA) is 52.6 Å². The number of carbonyl (C=O) groups is 2. The summed E-state index contributed by atoms with van der Waals surface area (Å²) < 4.78 is 9.97. The van der Waals surface area contributed by atoms with Gasteiger partial charge in [0.2, 0.25) is 0 Å². The van der Waals surface area contributed by atoms with Gasteiger partial charge in [0, 0.05) is 24.3 Å². The van der Waals surface area contributed by atoms with Gasteiger partial charge in [0.1, 0.15) is 13.2 Å². The molecule has 0 bridgehead atoms. The molecule has 0 spiro atoms. The summed E-state index contributed by atoms with van der Waals surface area (Å²) in [6, 6.07) is 0. The van der Waals surface area contributed by atoms with Crippen molar-refractivity contribution in [2.75, 3.05) is 24.7 Å². The molecule has 0 heterocycles. The third-order valence-corrected chi connectivity index (χ3v) is 8.36. The van der Waals surface area contributed by atoms with Crippen molar-refractivity contribution in [1.29, 1.82) is 0 Å². The predicted molar refractivity (Wildman–Crippen MR) is 217 cm³/mol. The number of unbranched alkanes of at least 4 members (excludes halogenated alkanes) is 22. The number of hydrogen-bond acceptors (Lipinski definition) is 6. The van der Waals surface area contributed by atoms with Crippen LogP contribution < -0.4 is 0 Å². The summed E-state index contributed by atoms with van der Waals surface area (Å²) >= 11 is 8.03. The first-order valence-corrected chi connectivity index (χ1v) is 20.7. The van der Waals surface area contributed by atoms with Crippen LogP contribution in [0.15, 0.2) is 24.3 Å². The SMILES string of the molecule is CCCCCCCC/C=C\CCCCCCCC(=O)OCCS.CCCCCCCC/C=C\CCCCCCCC(=O)OCCS.[BaH2]. The number of esters is 2. The van der Waals surface area contributed by atoms with E-state index in [0.29, 0.717) is 37.6 Å². The van der Waals surface area contributed by atoms with Crippen LogP contribution in [0.5, 0.6) is 0 Å². The van der Waals surface area contributed by atoms with Crippen molar-refractivity contribution in [1.82, 2.24) is 0 Å². The third-order valence-electron chi connectivity index (χ3n) is 7.99. The van der Waals surface area contributed by atoms with Crippen molar-refractivity contribution in [2.45, 2.75) is 194 Å². The molecule has 0 fully saturated rings. The van der Waals surface area contributed by atoms with E-state index < -0.39 is 0 Å². The first-order valence-electron chi connectivity index (χ1n) is 19.4. The van der Waals surface area contributed by atoms with E-state index in [0.717, 1.165) is 25.7 Å².